The normalized spacial score (nSPS) is 33.6. The van der Waals surface area contributed by atoms with Crippen LogP contribution >= 0.6 is 0 Å². The van der Waals surface area contributed by atoms with E-state index in [1.54, 1.807) is 0 Å². The SMILES string of the molecule is CC(C)CS(=O)C1CCC(C)(C)C1N. The monoisotopic (exact) mass is 217 g/mol. The molecule has 2 N–H and O–H groups in total. The first-order valence-electron chi connectivity index (χ1n) is 5.47. The van der Waals surface area contributed by atoms with E-state index in [-0.39, 0.29) is 16.7 Å². The highest BCUT2D eigenvalue weighted by Gasteiger charge is 2.42. The van der Waals surface area contributed by atoms with Crippen LogP contribution in [-0.2, 0) is 10.8 Å². The van der Waals surface area contributed by atoms with Crippen LogP contribution in [0.3, 0.4) is 0 Å². The molecule has 1 aliphatic carbocycles. The third-order valence-corrected chi connectivity index (χ3v) is 5.41. The lowest BCUT2D eigenvalue weighted by Gasteiger charge is -2.26. The van der Waals surface area contributed by atoms with Crippen molar-refractivity contribution >= 4 is 10.8 Å². The van der Waals surface area contributed by atoms with E-state index in [0.29, 0.717) is 5.92 Å². The van der Waals surface area contributed by atoms with Crippen LogP contribution < -0.4 is 5.73 Å². The molecular weight excluding hydrogens is 194 g/mol. The molecule has 0 aromatic heterocycles. The van der Waals surface area contributed by atoms with E-state index in [1.807, 2.05) is 0 Å². The second kappa shape index (κ2) is 4.31. The van der Waals surface area contributed by atoms with Gasteiger partial charge in [-0.2, -0.15) is 0 Å². The number of rotatable bonds is 3. The molecule has 3 unspecified atom stereocenters. The van der Waals surface area contributed by atoms with Crippen molar-refractivity contribution in [3.8, 4) is 0 Å². The lowest BCUT2D eigenvalue weighted by Crippen LogP contribution is -2.42. The Morgan fingerprint density at radius 2 is 2.07 bits per heavy atom. The van der Waals surface area contributed by atoms with Gasteiger partial charge >= 0.3 is 0 Å². The van der Waals surface area contributed by atoms with Gasteiger partial charge in [0.2, 0.25) is 0 Å². The second-order valence-electron chi connectivity index (χ2n) is 5.53. The van der Waals surface area contributed by atoms with E-state index >= 15 is 0 Å². The predicted molar refractivity (Wildman–Crippen MR) is 62.6 cm³/mol. The average molecular weight is 217 g/mol. The lowest BCUT2D eigenvalue weighted by atomic mass is 9.88. The predicted octanol–water partition coefficient (Wildman–Crippen LogP) is 1.91. The van der Waals surface area contributed by atoms with Crippen LogP contribution in [0, 0.1) is 11.3 Å². The average Bonchev–Trinajstić information content (AvgIpc) is 2.26. The Hall–Kier alpha value is 0.110. The van der Waals surface area contributed by atoms with E-state index in [1.165, 1.54) is 0 Å². The van der Waals surface area contributed by atoms with Gasteiger partial charge in [0.05, 0.1) is 5.25 Å². The van der Waals surface area contributed by atoms with Gasteiger partial charge < -0.3 is 5.73 Å². The van der Waals surface area contributed by atoms with Crippen molar-refractivity contribution in [1.29, 1.82) is 0 Å². The quantitative estimate of drug-likeness (QED) is 0.784. The van der Waals surface area contributed by atoms with Crippen LogP contribution in [0.25, 0.3) is 0 Å². The van der Waals surface area contributed by atoms with Crippen LogP contribution in [0.15, 0.2) is 0 Å². The Morgan fingerprint density at radius 1 is 1.50 bits per heavy atom. The molecule has 3 atom stereocenters. The zero-order valence-electron chi connectivity index (χ0n) is 9.75. The summed E-state index contributed by atoms with van der Waals surface area (Å²) in [7, 11) is -0.727. The van der Waals surface area contributed by atoms with Crippen molar-refractivity contribution in [2.45, 2.75) is 51.8 Å². The molecule has 1 rings (SSSR count). The molecule has 1 saturated carbocycles. The highest BCUT2D eigenvalue weighted by Crippen LogP contribution is 2.38. The van der Waals surface area contributed by atoms with E-state index in [9.17, 15) is 4.21 Å². The molecule has 1 fully saturated rings. The first-order valence-corrected chi connectivity index (χ1v) is 6.85. The molecule has 0 aromatic carbocycles. The molecule has 0 amide bonds. The number of nitrogens with two attached hydrogens (primary N) is 1. The maximum Gasteiger partial charge on any atom is 0.0504 e. The minimum absolute atomic E-state index is 0.113. The molecule has 0 spiro atoms. The van der Waals surface area contributed by atoms with Crippen LogP contribution in [0.1, 0.15) is 40.5 Å². The number of hydrogen-bond acceptors (Lipinski definition) is 2. The van der Waals surface area contributed by atoms with Gasteiger partial charge in [0.1, 0.15) is 0 Å². The molecule has 0 saturated heterocycles. The Morgan fingerprint density at radius 3 is 2.43 bits per heavy atom. The van der Waals surface area contributed by atoms with Gasteiger partial charge in [0.25, 0.3) is 0 Å². The Bertz CT molecular complexity index is 225. The van der Waals surface area contributed by atoms with Crippen LogP contribution in [-0.4, -0.2) is 21.3 Å². The van der Waals surface area contributed by atoms with Crippen molar-refractivity contribution in [3.05, 3.63) is 0 Å². The Kier molecular flexibility index (Phi) is 3.75. The van der Waals surface area contributed by atoms with Gasteiger partial charge in [-0.15, -0.1) is 0 Å². The Labute approximate surface area is 90.1 Å². The van der Waals surface area contributed by atoms with Crippen molar-refractivity contribution in [2.24, 2.45) is 17.1 Å². The zero-order chi connectivity index (χ0) is 10.9. The van der Waals surface area contributed by atoms with Crippen LogP contribution in [0.4, 0.5) is 0 Å². The molecule has 0 radical (unpaired) electrons. The molecule has 0 heterocycles. The first-order chi connectivity index (χ1) is 6.34. The third kappa shape index (κ3) is 2.57. The van der Waals surface area contributed by atoms with Gasteiger partial charge in [0.15, 0.2) is 0 Å². The third-order valence-electron chi connectivity index (χ3n) is 3.21. The van der Waals surface area contributed by atoms with Crippen LogP contribution in [0.2, 0.25) is 0 Å². The molecule has 14 heavy (non-hydrogen) atoms. The highest BCUT2D eigenvalue weighted by molar-refractivity contribution is 7.85. The standard InChI is InChI=1S/C11H23NOS/c1-8(2)7-14(13)9-5-6-11(3,4)10(9)12/h8-10H,5-7,12H2,1-4H3. The summed E-state index contributed by atoms with van der Waals surface area (Å²) < 4.78 is 12.0. The Balaban J connectivity index is 2.59. The van der Waals surface area contributed by atoms with E-state index in [0.717, 1.165) is 18.6 Å². The van der Waals surface area contributed by atoms with E-state index in [2.05, 4.69) is 27.7 Å². The highest BCUT2D eigenvalue weighted by atomic mass is 32.2. The summed E-state index contributed by atoms with van der Waals surface area (Å²) in [6.45, 7) is 8.60. The lowest BCUT2D eigenvalue weighted by molar-refractivity contribution is 0.333. The summed E-state index contributed by atoms with van der Waals surface area (Å²) in [6, 6.07) is 0.113. The summed E-state index contributed by atoms with van der Waals surface area (Å²) in [6.07, 6.45) is 2.15. The topological polar surface area (TPSA) is 43.1 Å². The largest absolute Gasteiger partial charge is 0.326 e. The van der Waals surface area contributed by atoms with Gasteiger partial charge in [-0.05, 0) is 24.2 Å². The summed E-state index contributed by atoms with van der Waals surface area (Å²) in [4.78, 5) is 0. The molecule has 0 aromatic rings. The summed E-state index contributed by atoms with van der Waals surface area (Å²) in [5.41, 5.74) is 6.32. The fourth-order valence-electron chi connectivity index (χ4n) is 2.11. The van der Waals surface area contributed by atoms with E-state index < -0.39 is 10.8 Å². The molecule has 84 valence electrons. The van der Waals surface area contributed by atoms with Crippen molar-refractivity contribution < 1.29 is 4.21 Å². The minimum Gasteiger partial charge on any atom is -0.326 e. The fraction of sp³-hybridized carbons (Fsp3) is 1.00. The first kappa shape index (κ1) is 12.2. The molecule has 1 aliphatic rings. The van der Waals surface area contributed by atoms with Crippen LogP contribution in [0.5, 0.6) is 0 Å². The minimum atomic E-state index is -0.727. The van der Waals surface area contributed by atoms with Crippen molar-refractivity contribution in [2.75, 3.05) is 5.75 Å². The molecule has 0 aliphatic heterocycles. The van der Waals surface area contributed by atoms with Gasteiger partial charge in [-0.25, -0.2) is 0 Å². The maximum absolute atomic E-state index is 12.0. The molecule has 3 heteroatoms. The molecule has 2 nitrogen and oxygen atoms in total. The zero-order valence-corrected chi connectivity index (χ0v) is 10.6. The smallest absolute Gasteiger partial charge is 0.0504 e. The second-order valence-corrected chi connectivity index (χ2v) is 7.23. The van der Waals surface area contributed by atoms with Crippen molar-refractivity contribution in [1.82, 2.24) is 0 Å². The van der Waals surface area contributed by atoms with Crippen molar-refractivity contribution in [3.63, 3.8) is 0 Å². The van der Waals surface area contributed by atoms with Gasteiger partial charge in [-0.3, -0.25) is 4.21 Å². The van der Waals surface area contributed by atoms with E-state index in [4.69, 9.17) is 5.73 Å². The summed E-state index contributed by atoms with van der Waals surface area (Å²) in [5.74, 6) is 1.31. The fourth-order valence-corrected chi connectivity index (χ4v) is 4.09. The maximum atomic E-state index is 12.0. The summed E-state index contributed by atoms with van der Waals surface area (Å²) >= 11 is 0. The summed E-state index contributed by atoms with van der Waals surface area (Å²) in [5, 5.41) is 0.229. The van der Waals surface area contributed by atoms with Gasteiger partial charge in [-0.1, -0.05) is 27.7 Å². The molecule has 0 bridgehead atoms. The molecular formula is C11H23NOS. The number of hydrogen-bond donors (Lipinski definition) is 1. The van der Waals surface area contributed by atoms with Gasteiger partial charge in [0, 0.05) is 22.6 Å².